The predicted molar refractivity (Wildman–Crippen MR) is 76.1 cm³/mol. The molecule has 2 amide bonds. The number of aliphatic hydroxyl groups excluding tert-OH is 1. The van der Waals surface area contributed by atoms with E-state index in [1.54, 1.807) is 0 Å². The largest absolute Gasteiger partial charge is 0.504 e. The number of methoxy groups -OCH3 is 1. The van der Waals surface area contributed by atoms with E-state index in [0.717, 1.165) is 0 Å². The van der Waals surface area contributed by atoms with Gasteiger partial charge in [-0.2, -0.15) is 0 Å². The van der Waals surface area contributed by atoms with Crippen molar-refractivity contribution in [2.45, 2.75) is 19.6 Å². The lowest BCUT2D eigenvalue weighted by Crippen LogP contribution is -2.43. The molecular formula is C14H16N2O6. The quantitative estimate of drug-likeness (QED) is 0.652. The van der Waals surface area contributed by atoms with Crippen molar-refractivity contribution in [3.8, 4) is 11.5 Å². The first-order valence-electron chi connectivity index (χ1n) is 6.48. The number of hydrogen-bond acceptors (Lipinski definition) is 5. The van der Waals surface area contributed by atoms with Crippen LogP contribution >= 0.6 is 0 Å². The number of ether oxygens (including phenoxy) is 1. The van der Waals surface area contributed by atoms with E-state index in [1.165, 1.54) is 26.2 Å². The third kappa shape index (κ3) is 2.73. The van der Waals surface area contributed by atoms with Crippen LogP contribution < -0.4 is 10.1 Å². The van der Waals surface area contributed by atoms with Gasteiger partial charge in [0.2, 0.25) is 0 Å². The van der Waals surface area contributed by atoms with Crippen LogP contribution in [0.1, 0.15) is 24.1 Å². The highest BCUT2D eigenvalue weighted by Crippen LogP contribution is 2.36. The summed E-state index contributed by atoms with van der Waals surface area (Å²) in [5.74, 6) is -2.32. The molecule has 0 fully saturated rings. The van der Waals surface area contributed by atoms with Crippen molar-refractivity contribution in [2.75, 3.05) is 7.11 Å². The number of aromatic hydroxyl groups is 1. The topological polar surface area (TPSA) is 128 Å². The molecule has 4 N–H and O–H groups in total. The summed E-state index contributed by atoms with van der Waals surface area (Å²) in [7, 11) is 1.33. The zero-order chi connectivity index (χ0) is 16.4. The fraction of sp³-hybridized carbons (Fsp3) is 0.357. The van der Waals surface area contributed by atoms with Gasteiger partial charge in [0.25, 0.3) is 0 Å². The van der Waals surface area contributed by atoms with Gasteiger partial charge >= 0.3 is 12.0 Å². The second-order valence-electron chi connectivity index (χ2n) is 4.89. The van der Waals surface area contributed by atoms with Gasteiger partial charge in [0.15, 0.2) is 11.5 Å². The molecule has 1 aliphatic rings. The van der Waals surface area contributed by atoms with Crippen molar-refractivity contribution in [2.24, 2.45) is 10.9 Å². The number of rotatable bonds is 4. The Morgan fingerprint density at radius 1 is 1.45 bits per heavy atom. The number of carboxylic acids is 1. The van der Waals surface area contributed by atoms with Gasteiger partial charge in [0, 0.05) is 11.3 Å². The third-order valence-electron chi connectivity index (χ3n) is 3.53. The van der Waals surface area contributed by atoms with E-state index >= 15 is 0 Å². The minimum Gasteiger partial charge on any atom is -0.504 e. The van der Waals surface area contributed by atoms with Crippen LogP contribution in [0.25, 0.3) is 0 Å². The molecule has 22 heavy (non-hydrogen) atoms. The molecule has 0 radical (unpaired) electrons. The Labute approximate surface area is 126 Å². The van der Waals surface area contributed by atoms with E-state index in [9.17, 15) is 24.9 Å². The highest BCUT2D eigenvalue weighted by molar-refractivity contribution is 6.07. The molecule has 0 spiro atoms. The lowest BCUT2D eigenvalue weighted by atomic mass is 9.87. The normalized spacial score (nSPS) is 21.0. The van der Waals surface area contributed by atoms with Crippen LogP contribution in [-0.4, -0.2) is 40.1 Å². The Hall–Kier alpha value is -2.61. The number of urea groups is 1. The maximum Gasteiger partial charge on any atom is 0.341 e. The van der Waals surface area contributed by atoms with Crippen LogP contribution in [0.3, 0.4) is 0 Å². The Kier molecular flexibility index (Phi) is 4.32. The standard InChI is InChI=1S/C14H16N2O6/c1-6-10(13(19)20)11(16-14(21)15-6)7-3-8(5-17)12(18)9(4-7)22-2/h3-4,10-11,17-18H,5H2,1-2H3,(H,16,21)(H,19,20). The Balaban J connectivity index is 2.56. The summed E-state index contributed by atoms with van der Waals surface area (Å²) < 4.78 is 5.02. The molecule has 2 atom stereocenters. The number of carboxylic acid groups (broad SMARTS) is 1. The Morgan fingerprint density at radius 3 is 2.68 bits per heavy atom. The lowest BCUT2D eigenvalue weighted by molar-refractivity contribution is -0.140. The second kappa shape index (κ2) is 6.02. The van der Waals surface area contributed by atoms with Crippen LogP contribution in [0, 0.1) is 5.92 Å². The molecule has 2 rings (SSSR count). The molecule has 1 aromatic rings. The van der Waals surface area contributed by atoms with Crippen LogP contribution in [0.4, 0.5) is 4.79 Å². The van der Waals surface area contributed by atoms with E-state index in [0.29, 0.717) is 5.56 Å². The summed E-state index contributed by atoms with van der Waals surface area (Å²) in [6.07, 6.45) is 0. The maximum absolute atomic E-state index is 11.6. The van der Waals surface area contributed by atoms with Crippen LogP contribution in [0.2, 0.25) is 0 Å². The third-order valence-corrected chi connectivity index (χ3v) is 3.53. The number of aliphatic carboxylic acids is 1. The summed E-state index contributed by atoms with van der Waals surface area (Å²) in [6, 6.07) is 1.34. The minimum atomic E-state index is -1.14. The molecule has 1 heterocycles. The second-order valence-corrected chi connectivity index (χ2v) is 4.89. The van der Waals surface area contributed by atoms with Crippen molar-refractivity contribution in [1.82, 2.24) is 5.32 Å². The van der Waals surface area contributed by atoms with E-state index < -0.39 is 30.6 Å². The van der Waals surface area contributed by atoms with E-state index in [2.05, 4.69) is 10.3 Å². The van der Waals surface area contributed by atoms with Gasteiger partial charge in [-0.1, -0.05) is 0 Å². The number of nitrogens with zero attached hydrogens (tertiary/aromatic N) is 1. The predicted octanol–water partition coefficient (Wildman–Crippen LogP) is 0.819. The van der Waals surface area contributed by atoms with Crippen molar-refractivity contribution < 1.29 is 29.6 Å². The number of benzene rings is 1. The SMILES string of the molecule is COc1cc(C2NC(=O)N=C(C)C2C(=O)O)cc(CO)c1O. The number of carbonyl (C=O) groups is 2. The molecule has 8 nitrogen and oxygen atoms in total. The number of phenols is 1. The smallest absolute Gasteiger partial charge is 0.341 e. The van der Waals surface area contributed by atoms with Gasteiger partial charge in [-0.3, -0.25) is 4.79 Å². The molecule has 118 valence electrons. The van der Waals surface area contributed by atoms with Crippen molar-refractivity contribution in [1.29, 1.82) is 0 Å². The molecule has 0 saturated carbocycles. The average Bonchev–Trinajstić information content (AvgIpc) is 2.46. The molecule has 1 aliphatic heterocycles. The lowest BCUT2D eigenvalue weighted by Gasteiger charge is -2.29. The zero-order valence-corrected chi connectivity index (χ0v) is 12.0. The maximum atomic E-state index is 11.6. The number of aliphatic hydroxyl groups is 1. The number of carbonyl (C=O) groups excluding carboxylic acids is 1. The van der Waals surface area contributed by atoms with Crippen molar-refractivity contribution in [3.05, 3.63) is 23.3 Å². The van der Waals surface area contributed by atoms with Crippen LogP contribution in [-0.2, 0) is 11.4 Å². The summed E-state index contributed by atoms with van der Waals surface area (Å²) in [4.78, 5) is 26.7. The van der Waals surface area contributed by atoms with Gasteiger partial charge in [-0.05, 0) is 24.6 Å². The molecule has 1 aromatic carbocycles. The monoisotopic (exact) mass is 308 g/mol. The average molecular weight is 308 g/mol. The zero-order valence-electron chi connectivity index (χ0n) is 12.0. The Bertz CT molecular complexity index is 630. The summed E-state index contributed by atoms with van der Waals surface area (Å²) in [5.41, 5.74) is 0.750. The minimum absolute atomic E-state index is 0.0834. The number of amides is 2. The fourth-order valence-corrected chi connectivity index (χ4v) is 2.46. The molecule has 0 saturated heterocycles. The van der Waals surface area contributed by atoms with Crippen LogP contribution in [0.15, 0.2) is 17.1 Å². The first-order valence-corrected chi connectivity index (χ1v) is 6.48. The first kappa shape index (κ1) is 15.8. The fourth-order valence-electron chi connectivity index (χ4n) is 2.46. The molecule has 8 heteroatoms. The number of hydrogen-bond donors (Lipinski definition) is 4. The van der Waals surface area contributed by atoms with E-state index in [-0.39, 0.29) is 22.8 Å². The summed E-state index contributed by atoms with van der Waals surface area (Å²) in [5, 5.41) is 31.0. The van der Waals surface area contributed by atoms with Crippen molar-refractivity contribution >= 4 is 17.7 Å². The first-order chi connectivity index (χ1) is 10.4. The van der Waals surface area contributed by atoms with Crippen molar-refractivity contribution in [3.63, 3.8) is 0 Å². The van der Waals surface area contributed by atoms with Gasteiger partial charge < -0.3 is 25.4 Å². The molecule has 2 unspecified atom stereocenters. The number of aliphatic imine (C=N–C) groups is 1. The highest BCUT2D eigenvalue weighted by Gasteiger charge is 2.37. The van der Waals surface area contributed by atoms with Gasteiger partial charge in [0.1, 0.15) is 5.92 Å². The van der Waals surface area contributed by atoms with Crippen LogP contribution in [0.5, 0.6) is 11.5 Å². The summed E-state index contributed by atoms with van der Waals surface area (Å²) >= 11 is 0. The van der Waals surface area contributed by atoms with Gasteiger partial charge in [-0.25, -0.2) is 9.79 Å². The molecule has 0 bridgehead atoms. The van der Waals surface area contributed by atoms with Gasteiger partial charge in [-0.15, -0.1) is 0 Å². The highest BCUT2D eigenvalue weighted by atomic mass is 16.5. The Morgan fingerprint density at radius 2 is 2.14 bits per heavy atom. The van der Waals surface area contributed by atoms with E-state index in [1.807, 2.05) is 0 Å². The molecule has 0 aromatic heterocycles. The molecule has 0 aliphatic carbocycles. The number of nitrogens with one attached hydrogen (secondary N) is 1. The van der Waals surface area contributed by atoms with Gasteiger partial charge in [0.05, 0.1) is 19.8 Å². The summed E-state index contributed by atoms with van der Waals surface area (Å²) in [6.45, 7) is 1.01. The molecular weight excluding hydrogens is 292 g/mol. The van der Waals surface area contributed by atoms with E-state index in [4.69, 9.17) is 4.74 Å².